The molecule has 0 heterocycles. The summed E-state index contributed by atoms with van der Waals surface area (Å²) in [7, 11) is 0. The standard InChI is InChI=1S/C15H24N2O/c1-4-10-17(15(18)11-16-13(2)3)12-14-8-6-5-7-9-14/h5-9,13,16H,4,10-12H2,1-3H3. The fourth-order valence-corrected chi connectivity index (χ4v) is 1.77. The highest BCUT2D eigenvalue weighted by atomic mass is 16.2. The first-order valence-electron chi connectivity index (χ1n) is 6.68. The largest absolute Gasteiger partial charge is 0.337 e. The van der Waals surface area contributed by atoms with Gasteiger partial charge in [-0.25, -0.2) is 0 Å². The number of nitrogens with zero attached hydrogens (tertiary/aromatic N) is 1. The highest BCUT2D eigenvalue weighted by Crippen LogP contribution is 2.05. The summed E-state index contributed by atoms with van der Waals surface area (Å²) in [5.41, 5.74) is 1.18. The van der Waals surface area contributed by atoms with Crippen molar-refractivity contribution in [2.75, 3.05) is 13.1 Å². The van der Waals surface area contributed by atoms with Crippen LogP contribution in [0.2, 0.25) is 0 Å². The molecule has 100 valence electrons. The third-order valence-electron chi connectivity index (χ3n) is 2.72. The first-order valence-corrected chi connectivity index (χ1v) is 6.68. The van der Waals surface area contributed by atoms with Gasteiger partial charge in [-0.15, -0.1) is 0 Å². The molecule has 0 saturated heterocycles. The Kier molecular flexibility index (Phi) is 6.44. The van der Waals surface area contributed by atoms with Gasteiger partial charge in [0.05, 0.1) is 6.54 Å². The Morgan fingerprint density at radius 1 is 1.28 bits per heavy atom. The van der Waals surface area contributed by atoms with Crippen LogP contribution in [0, 0.1) is 0 Å². The molecule has 0 unspecified atom stereocenters. The van der Waals surface area contributed by atoms with Gasteiger partial charge in [-0.05, 0) is 12.0 Å². The van der Waals surface area contributed by atoms with Crippen LogP contribution in [0.4, 0.5) is 0 Å². The number of nitrogens with one attached hydrogen (secondary N) is 1. The minimum Gasteiger partial charge on any atom is -0.337 e. The number of hydrogen-bond donors (Lipinski definition) is 1. The van der Waals surface area contributed by atoms with Crippen LogP contribution >= 0.6 is 0 Å². The average molecular weight is 248 g/mol. The quantitative estimate of drug-likeness (QED) is 0.803. The van der Waals surface area contributed by atoms with Gasteiger partial charge in [0.25, 0.3) is 0 Å². The molecule has 0 aliphatic carbocycles. The van der Waals surface area contributed by atoms with Crippen LogP contribution in [-0.2, 0) is 11.3 Å². The molecule has 1 rings (SSSR count). The van der Waals surface area contributed by atoms with Gasteiger partial charge in [0.15, 0.2) is 0 Å². The molecule has 0 atom stereocenters. The second-order valence-electron chi connectivity index (χ2n) is 4.84. The molecule has 0 bridgehead atoms. The summed E-state index contributed by atoms with van der Waals surface area (Å²) in [6, 6.07) is 10.5. The van der Waals surface area contributed by atoms with E-state index in [0.717, 1.165) is 13.0 Å². The van der Waals surface area contributed by atoms with Crippen LogP contribution in [0.5, 0.6) is 0 Å². The van der Waals surface area contributed by atoms with Gasteiger partial charge >= 0.3 is 0 Å². The van der Waals surface area contributed by atoms with Crippen molar-refractivity contribution in [3.8, 4) is 0 Å². The van der Waals surface area contributed by atoms with E-state index in [9.17, 15) is 4.79 Å². The van der Waals surface area contributed by atoms with Crippen LogP contribution in [0.1, 0.15) is 32.8 Å². The van der Waals surface area contributed by atoms with Crippen molar-refractivity contribution < 1.29 is 4.79 Å². The third-order valence-corrected chi connectivity index (χ3v) is 2.72. The maximum atomic E-state index is 12.1. The molecular weight excluding hydrogens is 224 g/mol. The van der Waals surface area contributed by atoms with Crippen molar-refractivity contribution in [3.63, 3.8) is 0 Å². The Bertz CT molecular complexity index is 349. The van der Waals surface area contributed by atoms with Gasteiger partial charge in [0, 0.05) is 19.1 Å². The summed E-state index contributed by atoms with van der Waals surface area (Å²) in [4.78, 5) is 14.0. The Hall–Kier alpha value is -1.35. The van der Waals surface area contributed by atoms with E-state index in [4.69, 9.17) is 0 Å². The number of carbonyl (C=O) groups excluding carboxylic acids is 1. The molecule has 1 N–H and O–H groups in total. The molecule has 0 fully saturated rings. The van der Waals surface area contributed by atoms with Crippen molar-refractivity contribution in [2.24, 2.45) is 0 Å². The molecule has 0 aliphatic heterocycles. The van der Waals surface area contributed by atoms with E-state index in [0.29, 0.717) is 19.1 Å². The normalized spacial score (nSPS) is 10.7. The first kappa shape index (κ1) is 14.7. The maximum absolute atomic E-state index is 12.1. The SMILES string of the molecule is CCCN(Cc1ccccc1)C(=O)CNC(C)C. The van der Waals surface area contributed by atoms with Gasteiger partial charge in [-0.2, -0.15) is 0 Å². The fraction of sp³-hybridized carbons (Fsp3) is 0.533. The van der Waals surface area contributed by atoms with E-state index < -0.39 is 0 Å². The Balaban J connectivity index is 2.56. The molecule has 18 heavy (non-hydrogen) atoms. The lowest BCUT2D eigenvalue weighted by atomic mass is 10.2. The van der Waals surface area contributed by atoms with E-state index in [2.05, 4.69) is 38.2 Å². The Morgan fingerprint density at radius 3 is 2.50 bits per heavy atom. The lowest BCUT2D eigenvalue weighted by molar-refractivity contribution is -0.131. The summed E-state index contributed by atoms with van der Waals surface area (Å²) < 4.78 is 0. The van der Waals surface area contributed by atoms with Crippen LogP contribution < -0.4 is 5.32 Å². The first-order chi connectivity index (χ1) is 8.63. The van der Waals surface area contributed by atoms with Gasteiger partial charge < -0.3 is 10.2 Å². The van der Waals surface area contributed by atoms with Crippen molar-refractivity contribution in [2.45, 2.75) is 39.8 Å². The third kappa shape index (κ3) is 5.32. The zero-order valence-corrected chi connectivity index (χ0v) is 11.6. The van der Waals surface area contributed by atoms with E-state index in [1.807, 2.05) is 23.1 Å². The van der Waals surface area contributed by atoms with Crippen LogP contribution in [0.3, 0.4) is 0 Å². The monoisotopic (exact) mass is 248 g/mol. The second-order valence-corrected chi connectivity index (χ2v) is 4.84. The van der Waals surface area contributed by atoms with Crippen molar-refractivity contribution in [3.05, 3.63) is 35.9 Å². The lowest BCUT2D eigenvalue weighted by Gasteiger charge is -2.23. The average Bonchev–Trinajstić information content (AvgIpc) is 2.36. The maximum Gasteiger partial charge on any atom is 0.236 e. The molecule has 1 aromatic rings. The molecular formula is C15H24N2O. The van der Waals surface area contributed by atoms with Crippen molar-refractivity contribution in [1.29, 1.82) is 0 Å². The van der Waals surface area contributed by atoms with Gasteiger partial charge in [0.2, 0.25) is 5.91 Å². The molecule has 3 nitrogen and oxygen atoms in total. The summed E-state index contributed by atoms with van der Waals surface area (Å²) in [6.07, 6.45) is 0.986. The predicted octanol–water partition coefficient (Wildman–Crippen LogP) is 2.42. The number of rotatable bonds is 7. The highest BCUT2D eigenvalue weighted by molar-refractivity contribution is 5.78. The lowest BCUT2D eigenvalue weighted by Crippen LogP contribution is -2.40. The van der Waals surface area contributed by atoms with Crippen LogP contribution in [0.25, 0.3) is 0 Å². The summed E-state index contributed by atoms with van der Waals surface area (Å²) in [6.45, 7) is 8.13. The molecule has 1 aromatic carbocycles. The minimum atomic E-state index is 0.175. The number of amides is 1. The molecule has 0 spiro atoms. The van der Waals surface area contributed by atoms with E-state index in [1.165, 1.54) is 5.56 Å². The molecule has 0 aliphatic rings. The van der Waals surface area contributed by atoms with E-state index in [1.54, 1.807) is 0 Å². The van der Waals surface area contributed by atoms with Gasteiger partial charge in [0.1, 0.15) is 0 Å². The minimum absolute atomic E-state index is 0.175. The number of benzene rings is 1. The predicted molar refractivity (Wildman–Crippen MR) is 75.3 cm³/mol. The Morgan fingerprint density at radius 2 is 1.94 bits per heavy atom. The van der Waals surface area contributed by atoms with Gasteiger partial charge in [-0.1, -0.05) is 51.1 Å². The van der Waals surface area contributed by atoms with E-state index >= 15 is 0 Å². The zero-order valence-electron chi connectivity index (χ0n) is 11.6. The number of hydrogen-bond acceptors (Lipinski definition) is 2. The molecule has 1 amide bonds. The fourth-order valence-electron chi connectivity index (χ4n) is 1.77. The zero-order chi connectivity index (χ0) is 13.4. The Labute approximate surface area is 110 Å². The van der Waals surface area contributed by atoms with Crippen molar-refractivity contribution >= 4 is 5.91 Å². The van der Waals surface area contributed by atoms with Gasteiger partial charge in [-0.3, -0.25) is 4.79 Å². The van der Waals surface area contributed by atoms with Crippen LogP contribution in [0.15, 0.2) is 30.3 Å². The summed E-state index contributed by atoms with van der Waals surface area (Å²) in [5.74, 6) is 0.175. The van der Waals surface area contributed by atoms with Crippen LogP contribution in [-0.4, -0.2) is 29.9 Å². The summed E-state index contributed by atoms with van der Waals surface area (Å²) in [5, 5.41) is 3.18. The molecule has 0 radical (unpaired) electrons. The van der Waals surface area contributed by atoms with Crippen molar-refractivity contribution in [1.82, 2.24) is 10.2 Å². The summed E-state index contributed by atoms with van der Waals surface area (Å²) >= 11 is 0. The smallest absolute Gasteiger partial charge is 0.236 e. The topological polar surface area (TPSA) is 32.3 Å². The van der Waals surface area contributed by atoms with E-state index in [-0.39, 0.29) is 5.91 Å². The highest BCUT2D eigenvalue weighted by Gasteiger charge is 2.12. The second kappa shape index (κ2) is 7.88. The molecule has 3 heteroatoms. The molecule has 0 saturated carbocycles. The number of carbonyl (C=O) groups is 1. The molecule has 0 aromatic heterocycles.